The van der Waals surface area contributed by atoms with Gasteiger partial charge in [-0.15, -0.1) is 0 Å². The number of imidazole rings is 1. The highest BCUT2D eigenvalue weighted by Gasteiger charge is 2.57. The summed E-state index contributed by atoms with van der Waals surface area (Å²) in [6.45, 7) is 6.53. The van der Waals surface area contributed by atoms with Crippen LogP contribution in [0.25, 0.3) is 5.57 Å². The Hall–Kier alpha value is -1.84. The largest absolute Gasteiger partial charge is 0.462 e. The highest BCUT2D eigenvalue weighted by Crippen LogP contribution is 2.66. The Morgan fingerprint density at radius 1 is 1.14 bits per heavy atom. The zero-order valence-corrected chi connectivity index (χ0v) is 17.3. The van der Waals surface area contributed by atoms with E-state index in [1.165, 1.54) is 43.9 Å². The van der Waals surface area contributed by atoms with Gasteiger partial charge in [-0.3, -0.25) is 4.79 Å². The number of esters is 1. The van der Waals surface area contributed by atoms with E-state index in [2.05, 4.69) is 36.0 Å². The summed E-state index contributed by atoms with van der Waals surface area (Å²) in [6, 6.07) is 0. The van der Waals surface area contributed by atoms with Gasteiger partial charge >= 0.3 is 5.97 Å². The molecular weight excluding hydrogens is 348 g/mol. The predicted octanol–water partition coefficient (Wildman–Crippen LogP) is 5.30. The quantitative estimate of drug-likeness (QED) is 0.560. The number of hydrogen-bond acceptors (Lipinski definition) is 3. The summed E-state index contributed by atoms with van der Waals surface area (Å²) in [5, 5.41) is 0. The second kappa shape index (κ2) is 6.33. The van der Waals surface area contributed by atoms with E-state index < -0.39 is 0 Å². The maximum absolute atomic E-state index is 11.4. The van der Waals surface area contributed by atoms with E-state index in [1.807, 2.05) is 6.20 Å². The van der Waals surface area contributed by atoms with E-state index in [0.29, 0.717) is 0 Å². The molecule has 0 spiro atoms. The van der Waals surface area contributed by atoms with Crippen molar-refractivity contribution in [2.75, 3.05) is 0 Å². The average molecular weight is 381 g/mol. The molecule has 150 valence electrons. The van der Waals surface area contributed by atoms with E-state index in [1.54, 1.807) is 11.9 Å². The molecule has 5 rings (SSSR count). The van der Waals surface area contributed by atoms with Crippen molar-refractivity contribution in [2.45, 2.75) is 71.8 Å². The van der Waals surface area contributed by atoms with Gasteiger partial charge in [0.05, 0.1) is 18.2 Å². The van der Waals surface area contributed by atoms with Gasteiger partial charge < -0.3 is 9.72 Å². The van der Waals surface area contributed by atoms with Gasteiger partial charge in [0.1, 0.15) is 6.10 Å². The number of aromatic nitrogens is 2. The Morgan fingerprint density at radius 3 is 2.71 bits per heavy atom. The Morgan fingerprint density at radius 2 is 1.96 bits per heavy atom. The molecule has 0 radical (unpaired) electrons. The number of hydrogen-bond donors (Lipinski definition) is 1. The monoisotopic (exact) mass is 380 g/mol. The van der Waals surface area contributed by atoms with Gasteiger partial charge in [0.2, 0.25) is 0 Å². The maximum atomic E-state index is 11.4. The van der Waals surface area contributed by atoms with Crippen LogP contribution in [0.2, 0.25) is 0 Å². The zero-order valence-electron chi connectivity index (χ0n) is 17.3. The molecule has 2 fully saturated rings. The second-order valence-corrected chi connectivity index (χ2v) is 10.0. The number of carbonyl (C=O) groups is 1. The number of aromatic amines is 1. The first kappa shape index (κ1) is 18.2. The molecule has 0 saturated heterocycles. The minimum Gasteiger partial charge on any atom is -0.462 e. The molecule has 1 aromatic rings. The summed E-state index contributed by atoms with van der Waals surface area (Å²) >= 11 is 0. The number of rotatable bonds is 2. The van der Waals surface area contributed by atoms with Gasteiger partial charge in [-0.25, -0.2) is 4.98 Å². The second-order valence-electron chi connectivity index (χ2n) is 10.0. The van der Waals surface area contributed by atoms with Gasteiger partial charge in [0.15, 0.2) is 0 Å². The fourth-order valence-corrected chi connectivity index (χ4v) is 7.35. The van der Waals surface area contributed by atoms with Gasteiger partial charge in [-0.1, -0.05) is 31.6 Å². The standard InChI is InChI=1S/C24H32N2O2/c1-15(27)28-17-8-10-23(2)16(12-17)4-5-18-19-6-7-21(22-13-25-14-26-22)24(19,3)11-9-20(18)23/h4,7,13-14,17-20H,5-6,8-12H2,1-3H3,(H,25,26)/t17-,18?,19?,20?,23-,24-/m0/s1. The number of fused-ring (bicyclic) bond motifs is 5. The van der Waals surface area contributed by atoms with E-state index in [-0.39, 0.29) is 22.9 Å². The van der Waals surface area contributed by atoms with E-state index in [9.17, 15) is 4.79 Å². The molecule has 6 atom stereocenters. The molecule has 0 amide bonds. The molecule has 0 aliphatic heterocycles. The number of nitrogens with one attached hydrogen (secondary N) is 1. The zero-order chi connectivity index (χ0) is 19.5. The number of H-pyrrole nitrogens is 1. The molecule has 0 bridgehead atoms. The lowest BCUT2D eigenvalue weighted by molar-refractivity contribution is -0.148. The van der Waals surface area contributed by atoms with E-state index >= 15 is 0 Å². The normalized spacial score (nSPS) is 42.0. The minimum atomic E-state index is -0.139. The Labute approximate surface area is 167 Å². The van der Waals surface area contributed by atoms with Gasteiger partial charge in [0.25, 0.3) is 0 Å². The predicted molar refractivity (Wildman–Crippen MR) is 109 cm³/mol. The van der Waals surface area contributed by atoms with Crippen LogP contribution in [0.15, 0.2) is 30.2 Å². The van der Waals surface area contributed by atoms with Crippen molar-refractivity contribution >= 4 is 11.5 Å². The van der Waals surface area contributed by atoms with Crippen molar-refractivity contribution in [3.05, 3.63) is 35.9 Å². The van der Waals surface area contributed by atoms with E-state index in [4.69, 9.17) is 4.74 Å². The van der Waals surface area contributed by atoms with Crippen LogP contribution >= 0.6 is 0 Å². The highest BCUT2D eigenvalue weighted by molar-refractivity contribution is 5.70. The van der Waals surface area contributed by atoms with Crippen LogP contribution < -0.4 is 0 Å². The SMILES string of the molecule is CC(=O)O[C@H]1CC[C@@]2(C)C(=CCC3C2CC[C@]2(C)C(c4cnc[nH]4)=CCC32)C1. The molecular formula is C24H32N2O2. The molecule has 0 aromatic carbocycles. The number of allylic oxidation sites excluding steroid dienone is 3. The third kappa shape index (κ3) is 2.56. The fourth-order valence-electron chi connectivity index (χ4n) is 7.35. The first-order chi connectivity index (χ1) is 13.4. The van der Waals surface area contributed by atoms with Crippen molar-refractivity contribution in [1.82, 2.24) is 9.97 Å². The van der Waals surface area contributed by atoms with Gasteiger partial charge in [-0.05, 0) is 72.7 Å². The molecule has 28 heavy (non-hydrogen) atoms. The van der Waals surface area contributed by atoms with Crippen molar-refractivity contribution in [3.63, 3.8) is 0 Å². The lowest BCUT2D eigenvalue weighted by atomic mass is 9.47. The molecule has 4 nitrogen and oxygen atoms in total. The third-order valence-electron chi connectivity index (χ3n) is 8.76. The lowest BCUT2D eigenvalue weighted by Crippen LogP contribution is -2.50. The van der Waals surface area contributed by atoms with Gasteiger partial charge in [-0.2, -0.15) is 0 Å². The lowest BCUT2D eigenvalue weighted by Gasteiger charge is -2.57. The molecule has 3 unspecified atom stereocenters. The summed E-state index contributed by atoms with van der Waals surface area (Å²) in [5.41, 5.74) is 4.83. The van der Waals surface area contributed by atoms with Crippen LogP contribution in [0.1, 0.15) is 71.4 Å². The van der Waals surface area contributed by atoms with Crippen LogP contribution in [0.5, 0.6) is 0 Å². The molecule has 1 aromatic heterocycles. The van der Waals surface area contributed by atoms with Crippen molar-refractivity contribution in [2.24, 2.45) is 28.6 Å². The van der Waals surface area contributed by atoms with E-state index in [0.717, 1.165) is 37.0 Å². The fraction of sp³-hybridized carbons (Fsp3) is 0.667. The Balaban J connectivity index is 1.41. The number of carbonyl (C=O) groups excluding carboxylic acids is 1. The molecule has 4 heteroatoms. The Bertz CT molecular complexity index is 839. The smallest absolute Gasteiger partial charge is 0.302 e. The first-order valence-corrected chi connectivity index (χ1v) is 11.0. The molecule has 1 N–H and O–H groups in total. The summed E-state index contributed by atoms with van der Waals surface area (Å²) < 4.78 is 5.56. The van der Waals surface area contributed by atoms with Crippen molar-refractivity contribution in [3.8, 4) is 0 Å². The Kier molecular flexibility index (Phi) is 4.12. The van der Waals surface area contributed by atoms with Gasteiger partial charge in [0, 0.05) is 13.3 Å². The van der Waals surface area contributed by atoms with Crippen LogP contribution in [0.3, 0.4) is 0 Å². The molecule has 4 aliphatic rings. The summed E-state index contributed by atoms with van der Waals surface area (Å²) in [6.07, 6.45) is 16.9. The molecule has 2 saturated carbocycles. The third-order valence-corrected chi connectivity index (χ3v) is 8.76. The number of nitrogens with zero attached hydrogens (tertiary/aromatic N) is 1. The summed E-state index contributed by atoms with van der Waals surface area (Å²) in [7, 11) is 0. The highest BCUT2D eigenvalue weighted by atomic mass is 16.5. The number of ether oxygens (including phenoxy) is 1. The van der Waals surface area contributed by atoms with Crippen molar-refractivity contribution in [1.29, 1.82) is 0 Å². The van der Waals surface area contributed by atoms with Crippen LogP contribution in [-0.4, -0.2) is 22.0 Å². The topological polar surface area (TPSA) is 55.0 Å². The van der Waals surface area contributed by atoms with Crippen LogP contribution in [0, 0.1) is 28.6 Å². The summed E-state index contributed by atoms with van der Waals surface area (Å²) in [4.78, 5) is 19.0. The minimum absolute atomic E-state index is 0.0855. The maximum Gasteiger partial charge on any atom is 0.302 e. The molecule has 4 aliphatic carbocycles. The summed E-state index contributed by atoms with van der Waals surface area (Å²) in [5.74, 6) is 2.11. The first-order valence-electron chi connectivity index (χ1n) is 11.0. The van der Waals surface area contributed by atoms with Crippen LogP contribution in [-0.2, 0) is 9.53 Å². The van der Waals surface area contributed by atoms with Crippen molar-refractivity contribution < 1.29 is 9.53 Å². The molecule has 1 heterocycles. The van der Waals surface area contributed by atoms with Crippen LogP contribution in [0.4, 0.5) is 0 Å². The average Bonchev–Trinajstić information content (AvgIpc) is 3.28.